The Morgan fingerprint density at radius 1 is 1.07 bits per heavy atom. The van der Waals surface area contributed by atoms with Crippen molar-refractivity contribution in [1.82, 2.24) is 9.36 Å². The molecule has 2 heterocycles. The van der Waals surface area contributed by atoms with Gasteiger partial charge < -0.3 is 14.5 Å². The van der Waals surface area contributed by atoms with E-state index in [1.165, 1.54) is 11.6 Å². The number of nitrogens with one attached hydrogen (secondary N) is 1. The van der Waals surface area contributed by atoms with Crippen molar-refractivity contribution < 1.29 is 18.7 Å². The number of benzene rings is 1. The van der Waals surface area contributed by atoms with E-state index < -0.39 is 18.0 Å². The first-order valence-electron chi connectivity index (χ1n) is 9.56. The molecule has 0 unspecified atom stereocenters. The van der Waals surface area contributed by atoms with Crippen LogP contribution in [0.1, 0.15) is 40.1 Å². The number of esters is 1. The highest BCUT2D eigenvalue weighted by atomic mass is 16.5. The zero-order valence-corrected chi connectivity index (χ0v) is 17.9. The third-order valence-corrected chi connectivity index (χ3v) is 5.22. The molecule has 0 fully saturated rings. The Bertz CT molecular complexity index is 1170. The van der Waals surface area contributed by atoms with Crippen LogP contribution in [0.25, 0.3) is 5.69 Å². The summed E-state index contributed by atoms with van der Waals surface area (Å²) in [7, 11) is 1.73. The Hall–Kier alpha value is -3.55. The van der Waals surface area contributed by atoms with E-state index >= 15 is 0 Å². The lowest BCUT2D eigenvalue weighted by Gasteiger charge is -2.13. The van der Waals surface area contributed by atoms with E-state index in [2.05, 4.69) is 5.32 Å². The maximum atomic E-state index is 12.9. The molecule has 0 spiro atoms. The minimum atomic E-state index is -1.10. The van der Waals surface area contributed by atoms with Crippen LogP contribution in [-0.2, 0) is 16.6 Å². The number of nitrogens with zero attached hydrogens (tertiary/aromatic N) is 2. The molecule has 0 radical (unpaired) electrons. The summed E-state index contributed by atoms with van der Waals surface area (Å²) in [6.45, 7) is 8.37. The van der Waals surface area contributed by atoms with Gasteiger partial charge >= 0.3 is 5.97 Å². The van der Waals surface area contributed by atoms with E-state index in [9.17, 15) is 14.4 Å². The summed E-state index contributed by atoms with van der Waals surface area (Å²) in [5.41, 5.74) is 2.01. The van der Waals surface area contributed by atoms with Crippen molar-refractivity contribution in [1.29, 1.82) is 0 Å². The van der Waals surface area contributed by atoms with Gasteiger partial charge in [0.25, 0.3) is 11.5 Å². The van der Waals surface area contributed by atoms with Gasteiger partial charge in [0.2, 0.25) is 0 Å². The number of ether oxygens (including phenoxy) is 1. The van der Waals surface area contributed by atoms with Crippen LogP contribution < -0.4 is 10.9 Å². The van der Waals surface area contributed by atoms with Crippen LogP contribution in [0.5, 0.6) is 0 Å². The van der Waals surface area contributed by atoms with Crippen molar-refractivity contribution in [3.8, 4) is 5.69 Å². The number of rotatable bonds is 5. The lowest BCUT2D eigenvalue weighted by molar-refractivity contribution is -0.123. The summed E-state index contributed by atoms with van der Waals surface area (Å²) in [4.78, 5) is 38.1. The van der Waals surface area contributed by atoms with Crippen molar-refractivity contribution >= 4 is 17.6 Å². The summed E-state index contributed by atoms with van der Waals surface area (Å²) in [5, 5.41) is 2.61. The molecule has 2 aromatic heterocycles. The van der Waals surface area contributed by atoms with Gasteiger partial charge in [0.1, 0.15) is 22.8 Å². The molecule has 0 saturated carbocycles. The van der Waals surface area contributed by atoms with Gasteiger partial charge in [-0.1, -0.05) is 18.2 Å². The lowest BCUT2D eigenvalue weighted by atomic mass is 10.1. The highest BCUT2D eigenvalue weighted by Gasteiger charge is 2.26. The van der Waals surface area contributed by atoms with Crippen LogP contribution in [0.15, 0.2) is 39.5 Å². The molecular formula is C22H25N3O5. The van der Waals surface area contributed by atoms with E-state index in [0.29, 0.717) is 34.0 Å². The van der Waals surface area contributed by atoms with E-state index in [1.807, 2.05) is 18.2 Å². The van der Waals surface area contributed by atoms with Crippen molar-refractivity contribution in [2.45, 2.75) is 40.7 Å². The van der Waals surface area contributed by atoms with Gasteiger partial charge in [-0.25, -0.2) is 9.48 Å². The molecule has 1 N–H and O–H groups in total. The first-order chi connectivity index (χ1) is 14.1. The van der Waals surface area contributed by atoms with Gasteiger partial charge in [-0.05, 0) is 46.8 Å². The molecule has 1 amide bonds. The molecule has 0 aliphatic rings. The molecule has 1 atom stereocenters. The fourth-order valence-corrected chi connectivity index (χ4v) is 3.30. The van der Waals surface area contributed by atoms with E-state index in [4.69, 9.17) is 9.15 Å². The van der Waals surface area contributed by atoms with Gasteiger partial charge in [-0.2, -0.15) is 0 Å². The fraction of sp³-hybridized carbons (Fsp3) is 0.318. The van der Waals surface area contributed by atoms with E-state index in [0.717, 1.165) is 0 Å². The van der Waals surface area contributed by atoms with E-state index in [-0.39, 0.29) is 11.2 Å². The molecule has 0 bridgehead atoms. The molecule has 8 nitrogen and oxygen atoms in total. The monoisotopic (exact) mass is 411 g/mol. The number of aryl methyl sites for hydroxylation is 2. The molecule has 0 aliphatic heterocycles. The highest BCUT2D eigenvalue weighted by Crippen LogP contribution is 2.22. The minimum Gasteiger partial charge on any atom is -0.465 e. The quantitative estimate of drug-likeness (QED) is 0.651. The van der Waals surface area contributed by atoms with E-state index in [1.54, 1.807) is 51.6 Å². The Morgan fingerprint density at radius 3 is 2.27 bits per heavy atom. The Kier molecular flexibility index (Phi) is 5.69. The molecule has 0 saturated heterocycles. The average molecular weight is 411 g/mol. The largest absolute Gasteiger partial charge is 0.465 e. The first-order valence-corrected chi connectivity index (χ1v) is 9.56. The third-order valence-electron chi connectivity index (χ3n) is 5.22. The number of carbonyl (C=O) groups excluding carboxylic acids is 2. The molecule has 3 aromatic rings. The van der Waals surface area contributed by atoms with Gasteiger partial charge in [-0.15, -0.1) is 0 Å². The highest BCUT2D eigenvalue weighted by molar-refractivity contribution is 5.98. The zero-order chi connectivity index (χ0) is 22.2. The summed E-state index contributed by atoms with van der Waals surface area (Å²) >= 11 is 0. The van der Waals surface area contributed by atoms with Crippen LogP contribution >= 0.6 is 0 Å². The Labute approximate surface area is 174 Å². The van der Waals surface area contributed by atoms with Crippen LogP contribution in [0.3, 0.4) is 0 Å². The standard InChI is InChI=1S/C22H25N3O5/c1-12-14(3)29-15(4)18(12)22(28)30-16(5)20(26)23-19-13(2)24(6)25(21(19)27)17-10-8-7-9-11-17/h7-11,16H,1-6H3,(H,23,26)/t16-/m1/s1. The molecule has 158 valence electrons. The van der Waals surface area contributed by atoms with Gasteiger partial charge in [0, 0.05) is 12.6 Å². The molecule has 1 aromatic carbocycles. The SMILES string of the molecule is Cc1oc(C)c(C(=O)O[C@H](C)C(=O)Nc2c(C)n(C)n(-c3ccccc3)c2=O)c1C. The maximum Gasteiger partial charge on any atom is 0.342 e. The summed E-state index contributed by atoms with van der Waals surface area (Å²) < 4.78 is 13.9. The molecule has 30 heavy (non-hydrogen) atoms. The minimum absolute atomic E-state index is 0.140. The normalized spacial score (nSPS) is 11.9. The second-order valence-corrected chi connectivity index (χ2v) is 7.19. The maximum absolute atomic E-state index is 12.9. The van der Waals surface area contributed by atoms with Crippen LogP contribution in [0.4, 0.5) is 5.69 Å². The van der Waals surface area contributed by atoms with Gasteiger partial charge in [-0.3, -0.25) is 14.3 Å². The average Bonchev–Trinajstić information content (AvgIpc) is 3.08. The second-order valence-electron chi connectivity index (χ2n) is 7.19. The molecule has 8 heteroatoms. The topological polar surface area (TPSA) is 95.5 Å². The number of para-hydroxylation sites is 1. The van der Waals surface area contributed by atoms with Crippen LogP contribution in [0.2, 0.25) is 0 Å². The number of hydrogen-bond acceptors (Lipinski definition) is 5. The fourth-order valence-electron chi connectivity index (χ4n) is 3.30. The number of carbonyl (C=O) groups is 2. The van der Waals surface area contributed by atoms with Crippen molar-refractivity contribution in [3.63, 3.8) is 0 Å². The van der Waals surface area contributed by atoms with Crippen molar-refractivity contribution in [2.24, 2.45) is 7.05 Å². The number of aromatic nitrogens is 2. The van der Waals surface area contributed by atoms with Gasteiger partial charge in [0.15, 0.2) is 6.10 Å². The third kappa shape index (κ3) is 3.68. The van der Waals surface area contributed by atoms with Crippen LogP contribution in [0, 0.1) is 27.7 Å². The summed E-state index contributed by atoms with van der Waals surface area (Å²) in [6, 6.07) is 9.10. The van der Waals surface area contributed by atoms with Crippen LogP contribution in [-0.4, -0.2) is 27.3 Å². The number of anilines is 1. The second kappa shape index (κ2) is 8.06. The predicted octanol–water partition coefficient (Wildman–Crippen LogP) is 3.19. The molecular weight excluding hydrogens is 386 g/mol. The lowest BCUT2D eigenvalue weighted by Crippen LogP contribution is -2.32. The number of furan rings is 1. The number of amides is 1. The smallest absolute Gasteiger partial charge is 0.342 e. The Balaban J connectivity index is 1.81. The number of hydrogen-bond donors (Lipinski definition) is 1. The summed E-state index contributed by atoms with van der Waals surface area (Å²) in [5.74, 6) is -0.175. The first kappa shape index (κ1) is 21.2. The van der Waals surface area contributed by atoms with Gasteiger partial charge in [0.05, 0.1) is 11.4 Å². The summed E-state index contributed by atoms with van der Waals surface area (Å²) in [6.07, 6.45) is -1.10. The van der Waals surface area contributed by atoms with Crippen molar-refractivity contribution in [2.75, 3.05) is 5.32 Å². The Morgan fingerprint density at radius 2 is 1.70 bits per heavy atom. The predicted molar refractivity (Wildman–Crippen MR) is 112 cm³/mol. The van der Waals surface area contributed by atoms with Crippen molar-refractivity contribution in [3.05, 3.63) is 69.0 Å². The molecule has 3 rings (SSSR count). The molecule has 0 aliphatic carbocycles. The zero-order valence-electron chi connectivity index (χ0n) is 17.9.